The number of methoxy groups -OCH3 is 1. The van der Waals surface area contributed by atoms with Gasteiger partial charge in [-0.15, -0.1) is 0 Å². The van der Waals surface area contributed by atoms with Gasteiger partial charge in [-0.25, -0.2) is 4.98 Å². The van der Waals surface area contributed by atoms with Crippen molar-refractivity contribution in [1.82, 2.24) is 19.5 Å². The maximum absolute atomic E-state index is 5.25. The van der Waals surface area contributed by atoms with Crippen molar-refractivity contribution in [2.75, 3.05) is 12.4 Å². The molecule has 3 heterocycles. The van der Waals surface area contributed by atoms with Gasteiger partial charge in [-0.1, -0.05) is 6.07 Å². The lowest BCUT2D eigenvalue weighted by atomic mass is 10.2. The molecule has 6 nitrogen and oxygen atoms in total. The van der Waals surface area contributed by atoms with Crippen LogP contribution < -0.4 is 10.1 Å². The van der Waals surface area contributed by atoms with Gasteiger partial charge in [0.05, 0.1) is 7.11 Å². The van der Waals surface area contributed by atoms with Crippen molar-refractivity contribution >= 4 is 22.7 Å². The minimum absolute atomic E-state index is 0.564. The summed E-state index contributed by atoms with van der Waals surface area (Å²) in [6.07, 6.45) is 8.46. The van der Waals surface area contributed by atoms with Crippen LogP contribution in [0.4, 0.5) is 11.6 Å². The van der Waals surface area contributed by atoms with E-state index >= 15 is 0 Å². The van der Waals surface area contributed by atoms with E-state index in [1.165, 1.54) is 5.56 Å². The molecule has 0 unspecified atom stereocenters. The van der Waals surface area contributed by atoms with Crippen LogP contribution in [0.25, 0.3) is 11.0 Å². The average molecular weight is 345 g/mol. The lowest BCUT2D eigenvalue weighted by Crippen LogP contribution is -2.03. The van der Waals surface area contributed by atoms with Crippen LogP contribution in [0.2, 0.25) is 0 Å². The number of nitrogens with one attached hydrogen (secondary N) is 1. The lowest BCUT2D eigenvalue weighted by Gasteiger charge is -2.08. The van der Waals surface area contributed by atoms with Gasteiger partial charge < -0.3 is 14.6 Å². The Morgan fingerprint density at radius 2 is 2.00 bits per heavy atom. The summed E-state index contributed by atoms with van der Waals surface area (Å²) in [4.78, 5) is 13.1. The van der Waals surface area contributed by atoms with Gasteiger partial charge in [-0.2, -0.15) is 4.98 Å². The Labute approximate surface area is 151 Å². The zero-order valence-electron chi connectivity index (χ0n) is 14.5. The van der Waals surface area contributed by atoms with Gasteiger partial charge in [-0.3, -0.25) is 4.98 Å². The second kappa shape index (κ2) is 7.23. The van der Waals surface area contributed by atoms with E-state index in [-0.39, 0.29) is 0 Å². The molecular weight excluding hydrogens is 326 g/mol. The lowest BCUT2D eigenvalue weighted by molar-refractivity contribution is 0.415. The number of rotatable bonds is 6. The third kappa shape index (κ3) is 3.49. The Hall–Kier alpha value is -3.41. The summed E-state index contributed by atoms with van der Waals surface area (Å²) < 4.78 is 7.40. The Balaban J connectivity index is 1.56. The van der Waals surface area contributed by atoms with Crippen molar-refractivity contribution < 1.29 is 4.74 Å². The molecule has 6 heteroatoms. The van der Waals surface area contributed by atoms with Gasteiger partial charge in [0.1, 0.15) is 11.4 Å². The highest BCUT2D eigenvalue weighted by molar-refractivity contribution is 5.76. The first-order valence-corrected chi connectivity index (χ1v) is 8.44. The molecule has 0 aliphatic carbocycles. The Kier molecular flexibility index (Phi) is 4.47. The zero-order valence-corrected chi connectivity index (χ0v) is 14.5. The first kappa shape index (κ1) is 16.1. The predicted molar refractivity (Wildman–Crippen MR) is 102 cm³/mol. The highest BCUT2D eigenvalue weighted by Crippen LogP contribution is 2.21. The van der Waals surface area contributed by atoms with Gasteiger partial charge in [0, 0.05) is 48.5 Å². The summed E-state index contributed by atoms with van der Waals surface area (Å²) in [5.41, 5.74) is 3.06. The summed E-state index contributed by atoms with van der Waals surface area (Å²) >= 11 is 0. The molecule has 130 valence electrons. The second-order valence-corrected chi connectivity index (χ2v) is 5.94. The van der Waals surface area contributed by atoms with Crippen LogP contribution >= 0.6 is 0 Å². The molecule has 0 bridgehead atoms. The number of fused-ring (bicyclic) bond motifs is 1. The Morgan fingerprint density at radius 1 is 1.12 bits per heavy atom. The minimum Gasteiger partial charge on any atom is -0.497 e. The van der Waals surface area contributed by atoms with Crippen molar-refractivity contribution in [1.29, 1.82) is 0 Å². The predicted octanol–water partition coefficient (Wildman–Crippen LogP) is 3.82. The van der Waals surface area contributed by atoms with E-state index in [1.54, 1.807) is 7.11 Å². The monoisotopic (exact) mass is 345 g/mol. The van der Waals surface area contributed by atoms with Gasteiger partial charge in [0.25, 0.3) is 0 Å². The SMILES string of the molecule is COc1cccc(Nc2ncc3ccn(CCc4ccncc4)c3n2)c1. The third-order valence-electron chi connectivity index (χ3n) is 4.22. The van der Waals surface area contributed by atoms with Crippen molar-refractivity contribution in [3.05, 3.63) is 72.8 Å². The quantitative estimate of drug-likeness (QED) is 0.575. The number of aryl methyl sites for hydroxylation is 2. The van der Waals surface area contributed by atoms with Gasteiger partial charge in [-0.05, 0) is 42.3 Å². The summed E-state index contributed by atoms with van der Waals surface area (Å²) in [6.45, 7) is 0.850. The van der Waals surface area contributed by atoms with E-state index in [9.17, 15) is 0 Å². The molecule has 4 aromatic rings. The number of benzene rings is 1. The molecule has 0 radical (unpaired) electrons. The van der Waals surface area contributed by atoms with Gasteiger partial charge in [0.2, 0.25) is 5.95 Å². The van der Waals surface area contributed by atoms with E-state index in [4.69, 9.17) is 4.74 Å². The number of hydrogen-bond donors (Lipinski definition) is 1. The molecule has 1 N–H and O–H groups in total. The number of nitrogens with zero attached hydrogens (tertiary/aromatic N) is 4. The van der Waals surface area contributed by atoms with Crippen molar-refractivity contribution in [3.8, 4) is 5.75 Å². The first-order valence-electron chi connectivity index (χ1n) is 8.44. The molecule has 0 saturated carbocycles. The van der Waals surface area contributed by atoms with Crippen LogP contribution in [0.1, 0.15) is 5.56 Å². The molecule has 0 aliphatic heterocycles. The molecule has 0 atom stereocenters. The number of anilines is 2. The standard InChI is InChI=1S/C20H19N5O/c1-26-18-4-2-3-17(13-18)23-20-22-14-16-8-12-25(19(16)24-20)11-7-15-5-9-21-10-6-15/h2-6,8-10,12-14H,7,11H2,1H3,(H,22,23,24). The van der Waals surface area contributed by atoms with Crippen molar-refractivity contribution in [2.24, 2.45) is 0 Å². The first-order chi connectivity index (χ1) is 12.8. The Bertz CT molecular complexity index is 1010. The van der Waals surface area contributed by atoms with Crippen LogP contribution in [-0.4, -0.2) is 26.6 Å². The fourth-order valence-corrected chi connectivity index (χ4v) is 2.84. The molecule has 26 heavy (non-hydrogen) atoms. The highest BCUT2D eigenvalue weighted by Gasteiger charge is 2.06. The van der Waals surface area contributed by atoms with Gasteiger partial charge in [0.15, 0.2) is 0 Å². The number of ether oxygens (including phenoxy) is 1. The molecule has 1 aromatic carbocycles. The smallest absolute Gasteiger partial charge is 0.229 e. The van der Waals surface area contributed by atoms with Crippen molar-refractivity contribution in [2.45, 2.75) is 13.0 Å². The zero-order chi connectivity index (χ0) is 17.8. The molecule has 0 fully saturated rings. The van der Waals surface area contributed by atoms with Gasteiger partial charge >= 0.3 is 0 Å². The van der Waals surface area contributed by atoms with Crippen molar-refractivity contribution in [3.63, 3.8) is 0 Å². The van der Waals surface area contributed by atoms with E-state index < -0.39 is 0 Å². The number of aromatic nitrogens is 4. The van der Waals surface area contributed by atoms with Crippen LogP contribution in [0.5, 0.6) is 5.75 Å². The summed E-state index contributed by atoms with van der Waals surface area (Å²) in [5.74, 6) is 1.35. The normalized spacial score (nSPS) is 10.8. The van der Waals surface area contributed by atoms with E-state index in [1.807, 2.05) is 61.1 Å². The molecule has 0 amide bonds. The largest absolute Gasteiger partial charge is 0.497 e. The second-order valence-electron chi connectivity index (χ2n) is 5.94. The summed E-state index contributed by atoms with van der Waals surface area (Å²) in [6, 6.07) is 13.8. The minimum atomic E-state index is 0.564. The summed E-state index contributed by atoms with van der Waals surface area (Å²) in [5, 5.41) is 4.26. The molecule has 0 saturated heterocycles. The maximum atomic E-state index is 5.25. The van der Waals surface area contributed by atoms with Crippen LogP contribution in [-0.2, 0) is 13.0 Å². The summed E-state index contributed by atoms with van der Waals surface area (Å²) in [7, 11) is 1.65. The number of hydrogen-bond acceptors (Lipinski definition) is 5. The van der Waals surface area contributed by atoms with Crippen LogP contribution in [0, 0.1) is 0 Å². The van der Waals surface area contributed by atoms with Crippen LogP contribution in [0.15, 0.2) is 67.3 Å². The fourth-order valence-electron chi connectivity index (χ4n) is 2.84. The van der Waals surface area contributed by atoms with E-state index in [0.29, 0.717) is 5.95 Å². The number of pyridine rings is 1. The van der Waals surface area contributed by atoms with Crippen LogP contribution in [0.3, 0.4) is 0 Å². The Morgan fingerprint density at radius 3 is 2.85 bits per heavy atom. The molecule has 3 aromatic heterocycles. The topological polar surface area (TPSA) is 64.9 Å². The third-order valence-corrected chi connectivity index (χ3v) is 4.22. The molecule has 4 rings (SSSR count). The van der Waals surface area contributed by atoms with E-state index in [2.05, 4.69) is 31.0 Å². The molecule has 0 spiro atoms. The molecule has 0 aliphatic rings. The maximum Gasteiger partial charge on any atom is 0.229 e. The fraction of sp³-hybridized carbons (Fsp3) is 0.150. The average Bonchev–Trinajstić information content (AvgIpc) is 3.09. The molecular formula is C20H19N5O. The van der Waals surface area contributed by atoms with E-state index in [0.717, 1.165) is 35.4 Å². The highest BCUT2D eigenvalue weighted by atomic mass is 16.5.